The van der Waals surface area contributed by atoms with Crippen LogP contribution in [0.2, 0.25) is 0 Å². The van der Waals surface area contributed by atoms with E-state index in [1.807, 2.05) is 0 Å². The van der Waals surface area contributed by atoms with E-state index in [0.717, 1.165) is 19.6 Å². The third kappa shape index (κ3) is 1.81. The molecule has 0 bridgehead atoms. The monoisotopic (exact) mass is 190 g/mol. The van der Waals surface area contributed by atoms with Gasteiger partial charge in [0, 0.05) is 25.7 Å². The molecule has 0 aromatic heterocycles. The number of nitrogens with two attached hydrogens (primary N) is 1. The summed E-state index contributed by atoms with van der Waals surface area (Å²) in [4.78, 5) is 2.46. The summed E-state index contributed by atoms with van der Waals surface area (Å²) in [5.41, 5.74) is 8.66. The predicted octanol–water partition coefficient (Wildman–Crippen LogP) is 1.39. The topological polar surface area (TPSA) is 29.3 Å². The van der Waals surface area contributed by atoms with Gasteiger partial charge in [-0.3, -0.25) is 4.90 Å². The van der Waals surface area contributed by atoms with Gasteiger partial charge in [0.1, 0.15) is 0 Å². The fraction of sp³-hybridized carbons (Fsp3) is 0.500. The Kier molecular flexibility index (Phi) is 2.85. The Labute approximate surface area is 85.7 Å². The fourth-order valence-corrected chi connectivity index (χ4v) is 2.04. The zero-order chi connectivity index (χ0) is 9.97. The second-order valence-electron chi connectivity index (χ2n) is 4.07. The molecule has 1 heterocycles. The molecule has 1 atom stereocenters. The molecule has 2 heteroatoms. The predicted molar refractivity (Wildman–Crippen MR) is 59.1 cm³/mol. The minimum absolute atomic E-state index is 0.503. The molecule has 2 rings (SSSR count). The van der Waals surface area contributed by atoms with E-state index in [2.05, 4.69) is 36.1 Å². The molecule has 0 spiro atoms. The first-order chi connectivity index (χ1) is 6.81. The summed E-state index contributed by atoms with van der Waals surface area (Å²) in [5.74, 6) is 0. The quantitative estimate of drug-likeness (QED) is 0.763. The van der Waals surface area contributed by atoms with Crippen molar-refractivity contribution < 1.29 is 0 Å². The van der Waals surface area contributed by atoms with Crippen LogP contribution in [0.15, 0.2) is 24.3 Å². The number of benzene rings is 1. The van der Waals surface area contributed by atoms with Gasteiger partial charge in [0.2, 0.25) is 0 Å². The van der Waals surface area contributed by atoms with Crippen LogP contribution in [0, 0.1) is 0 Å². The van der Waals surface area contributed by atoms with Crippen molar-refractivity contribution in [2.45, 2.75) is 25.9 Å². The Hall–Kier alpha value is -0.860. The normalized spacial score (nSPS) is 19.0. The summed E-state index contributed by atoms with van der Waals surface area (Å²) in [7, 11) is 0. The van der Waals surface area contributed by atoms with Crippen molar-refractivity contribution in [2.75, 3.05) is 13.1 Å². The van der Waals surface area contributed by atoms with E-state index in [-0.39, 0.29) is 0 Å². The van der Waals surface area contributed by atoms with Gasteiger partial charge in [-0.2, -0.15) is 0 Å². The van der Waals surface area contributed by atoms with E-state index >= 15 is 0 Å². The molecule has 2 N–H and O–H groups in total. The van der Waals surface area contributed by atoms with Gasteiger partial charge in [0.05, 0.1) is 0 Å². The first-order valence-corrected chi connectivity index (χ1v) is 5.32. The molecule has 0 saturated heterocycles. The summed E-state index contributed by atoms with van der Waals surface area (Å²) in [5, 5.41) is 0. The van der Waals surface area contributed by atoms with Crippen LogP contribution in [0.5, 0.6) is 0 Å². The Morgan fingerprint density at radius 3 is 2.79 bits per heavy atom. The minimum atomic E-state index is 0.503. The molecular weight excluding hydrogens is 172 g/mol. The van der Waals surface area contributed by atoms with Crippen LogP contribution in [0.3, 0.4) is 0 Å². The largest absolute Gasteiger partial charge is 0.329 e. The maximum Gasteiger partial charge on any atom is 0.0239 e. The number of fused-ring (bicyclic) bond motifs is 1. The van der Waals surface area contributed by atoms with Crippen LogP contribution in [0.4, 0.5) is 0 Å². The first kappa shape index (κ1) is 9.69. The van der Waals surface area contributed by atoms with Gasteiger partial charge in [-0.1, -0.05) is 24.3 Å². The number of hydrogen-bond acceptors (Lipinski definition) is 2. The van der Waals surface area contributed by atoms with E-state index in [1.165, 1.54) is 17.5 Å². The van der Waals surface area contributed by atoms with Crippen LogP contribution in [0.25, 0.3) is 0 Å². The molecule has 1 aliphatic rings. The van der Waals surface area contributed by atoms with Crippen molar-refractivity contribution in [2.24, 2.45) is 5.73 Å². The van der Waals surface area contributed by atoms with Gasteiger partial charge >= 0.3 is 0 Å². The van der Waals surface area contributed by atoms with E-state index < -0.39 is 0 Å². The highest BCUT2D eigenvalue weighted by Crippen LogP contribution is 2.19. The Morgan fingerprint density at radius 2 is 2.07 bits per heavy atom. The minimum Gasteiger partial charge on any atom is -0.329 e. The third-order valence-corrected chi connectivity index (χ3v) is 3.12. The highest BCUT2D eigenvalue weighted by atomic mass is 15.2. The lowest BCUT2D eigenvalue weighted by atomic mass is 9.99. The molecule has 14 heavy (non-hydrogen) atoms. The molecule has 1 aromatic carbocycles. The molecule has 1 aliphatic heterocycles. The summed E-state index contributed by atoms with van der Waals surface area (Å²) in [6.07, 6.45) is 1.17. The molecule has 1 aromatic rings. The van der Waals surface area contributed by atoms with Crippen LogP contribution >= 0.6 is 0 Å². The maximum absolute atomic E-state index is 5.68. The fourth-order valence-electron chi connectivity index (χ4n) is 2.04. The van der Waals surface area contributed by atoms with Crippen molar-refractivity contribution in [1.82, 2.24) is 4.90 Å². The third-order valence-electron chi connectivity index (χ3n) is 3.12. The van der Waals surface area contributed by atoms with Crippen molar-refractivity contribution >= 4 is 0 Å². The zero-order valence-electron chi connectivity index (χ0n) is 8.74. The van der Waals surface area contributed by atoms with Crippen LogP contribution in [-0.2, 0) is 13.0 Å². The lowest BCUT2D eigenvalue weighted by molar-refractivity contribution is 0.195. The SMILES string of the molecule is C[C@@H](CN)N1CCc2ccccc2C1. The standard InChI is InChI=1S/C12H18N2/c1-10(8-13)14-7-6-11-4-2-3-5-12(11)9-14/h2-5,10H,6-9,13H2,1H3/t10-/m0/s1. The first-order valence-electron chi connectivity index (χ1n) is 5.32. The van der Waals surface area contributed by atoms with E-state index in [4.69, 9.17) is 5.73 Å². The van der Waals surface area contributed by atoms with Crippen molar-refractivity contribution in [3.63, 3.8) is 0 Å². The van der Waals surface area contributed by atoms with Crippen molar-refractivity contribution in [1.29, 1.82) is 0 Å². The van der Waals surface area contributed by atoms with Gasteiger partial charge in [-0.05, 0) is 24.5 Å². The average Bonchev–Trinajstić information content (AvgIpc) is 2.27. The summed E-state index contributed by atoms with van der Waals surface area (Å²) in [6.45, 7) is 5.17. The van der Waals surface area contributed by atoms with E-state index in [1.54, 1.807) is 0 Å². The molecular formula is C12H18N2. The molecule has 0 unspecified atom stereocenters. The summed E-state index contributed by atoms with van der Waals surface area (Å²) < 4.78 is 0. The Bertz CT molecular complexity index is 309. The average molecular weight is 190 g/mol. The van der Waals surface area contributed by atoms with Crippen LogP contribution in [0.1, 0.15) is 18.1 Å². The maximum atomic E-state index is 5.68. The molecule has 76 valence electrons. The molecule has 0 radical (unpaired) electrons. The lowest BCUT2D eigenvalue weighted by Crippen LogP contribution is -2.41. The van der Waals surface area contributed by atoms with Gasteiger partial charge in [0.15, 0.2) is 0 Å². The Morgan fingerprint density at radius 1 is 1.36 bits per heavy atom. The molecule has 2 nitrogen and oxygen atoms in total. The number of hydrogen-bond donors (Lipinski definition) is 1. The van der Waals surface area contributed by atoms with Crippen LogP contribution < -0.4 is 5.73 Å². The van der Waals surface area contributed by atoms with E-state index in [0.29, 0.717) is 6.04 Å². The van der Waals surface area contributed by atoms with Gasteiger partial charge < -0.3 is 5.73 Å². The van der Waals surface area contributed by atoms with Gasteiger partial charge in [0.25, 0.3) is 0 Å². The number of rotatable bonds is 2. The van der Waals surface area contributed by atoms with Crippen molar-refractivity contribution in [3.05, 3.63) is 35.4 Å². The molecule has 0 amide bonds. The second kappa shape index (κ2) is 4.11. The smallest absolute Gasteiger partial charge is 0.0239 e. The molecule has 0 fully saturated rings. The van der Waals surface area contributed by atoms with Crippen LogP contribution in [-0.4, -0.2) is 24.0 Å². The second-order valence-corrected chi connectivity index (χ2v) is 4.07. The van der Waals surface area contributed by atoms with Gasteiger partial charge in [-0.15, -0.1) is 0 Å². The highest BCUT2D eigenvalue weighted by molar-refractivity contribution is 5.29. The highest BCUT2D eigenvalue weighted by Gasteiger charge is 2.18. The summed E-state index contributed by atoms with van der Waals surface area (Å²) >= 11 is 0. The molecule has 0 aliphatic carbocycles. The summed E-state index contributed by atoms with van der Waals surface area (Å²) in [6, 6.07) is 9.21. The molecule has 0 saturated carbocycles. The van der Waals surface area contributed by atoms with Gasteiger partial charge in [-0.25, -0.2) is 0 Å². The lowest BCUT2D eigenvalue weighted by Gasteiger charge is -2.33. The van der Waals surface area contributed by atoms with E-state index in [9.17, 15) is 0 Å². The van der Waals surface area contributed by atoms with Crippen molar-refractivity contribution in [3.8, 4) is 0 Å². The Balaban J connectivity index is 2.13. The zero-order valence-corrected chi connectivity index (χ0v) is 8.74. The number of nitrogens with zero attached hydrogens (tertiary/aromatic N) is 1.